The second-order valence-electron chi connectivity index (χ2n) is 3.11. The van der Waals surface area contributed by atoms with E-state index >= 15 is 0 Å². The van der Waals surface area contributed by atoms with Crippen molar-refractivity contribution in [3.8, 4) is 0 Å². The third-order valence-corrected chi connectivity index (χ3v) is 1.77. The molecule has 0 aliphatic carbocycles. The number of ketones is 1. The minimum Gasteiger partial charge on any atom is -0.457 e. The topological polar surface area (TPSA) is 79.8 Å². The number of unbranched alkanes of at least 4 members (excludes halogenated alkanes) is 1. The number of esters is 1. The number of hydrogen-bond donors (Lipinski definition) is 0. The Morgan fingerprint density at radius 3 is 2.40 bits per heavy atom. The van der Waals surface area contributed by atoms with Crippen LogP contribution in [-0.2, 0) is 14.3 Å². The van der Waals surface area contributed by atoms with E-state index in [9.17, 15) is 9.59 Å². The molecule has 0 bridgehead atoms. The summed E-state index contributed by atoms with van der Waals surface area (Å²) in [4.78, 5) is 25.2. The molecule has 0 unspecified atom stereocenters. The van der Waals surface area contributed by atoms with Gasteiger partial charge in [-0.15, -0.1) is 0 Å². The van der Waals surface area contributed by atoms with Gasteiger partial charge < -0.3 is 10.3 Å². The molecular weight excluding hydrogens is 196 g/mol. The van der Waals surface area contributed by atoms with Crippen LogP contribution in [-0.4, -0.2) is 28.9 Å². The zero-order valence-electron chi connectivity index (χ0n) is 9.15. The molecule has 0 heterocycles. The number of Topliss-reactive ketones (excluding diaryl/α,β-unsaturated/α-hetero) is 1. The molecular formula is C10H16N2O3. The number of ether oxygens (including phenoxy) is 1. The first kappa shape index (κ1) is 13.5. The highest BCUT2D eigenvalue weighted by molar-refractivity contribution is 6.62. The van der Waals surface area contributed by atoms with Gasteiger partial charge >= 0.3 is 11.7 Å². The summed E-state index contributed by atoms with van der Waals surface area (Å²) in [7, 11) is 0. The SMILES string of the molecule is CCCCOC(=O)C(=[N+]=[N-])C(=O)CCC. The molecule has 0 atom stereocenters. The lowest BCUT2D eigenvalue weighted by Crippen LogP contribution is -2.27. The second kappa shape index (κ2) is 7.88. The van der Waals surface area contributed by atoms with Crippen LogP contribution in [0.4, 0.5) is 0 Å². The van der Waals surface area contributed by atoms with Gasteiger partial charge in [0.25, 0.3) is 5.78 Å². The predicted molar refractivity (Wildman–Crippen MR) is 54.4 cm³/mol. The number of nitrogens with zero attached hydrogens (tertiary/aromatic N) is 2. The first-order chi connectivity index (χ1) is 7.17. The lowest BCUT2D eigenvalue weighted by Gasteiger charge is -1.99. The summed E-state index contributed by atoms with van der Waals surface area (Å²) < 4.78 is 4.75. The van der Waals surface area contributed by atoms with Crippen molar-refractivity contribution in [2.45, 2.75) is 39.5 Å². The summed E-state index contributed by atoms with van der Waals surface area (Å²) >= 11 is 0. The Balaban J connectivity index is 4.24. The Morgan fingerprint density at radius 2 is 1.93 bits per heavy atom. The monoisotopic (exact) mass is 212 g/mol. The van der Waals surface area contributed by atoms with E-state index in [1.165, 1.54) is 0 Å². The Hall–Kier alpha value is -1.48. The van der Waals surface area contributed by atoms with Gasteiger partial charge in [0, 0.05) is 6.42 Å². The maximum absolute atomic E-state index is 11.3. The molecule has 5 nitrogen and oxygen atoms in total. The van der Waals surface area contributed by atoms with Gasteiger partial charge in [0.15, 0.2) is 0 Å². The van der Waals surface area contributed by atoms with Crippen LogP contribution in [0.2, 0.25) is 0 Å². The maximum Gasteiger partial charge on any atom is 0.441 e. The second-order valence-corrected chi connectivity index (χ2v) is 3.11. The molecule has 0 rings (SSSR count). The molecule has 84 valence electrons. The largest absolute Gasteiger partial charge is 0.457 e. The van der Waals surface area contributed by atoms with Crippen LogP contribution in [0.5, 0.6) is 0 Å². The number of rotatable bonds is 7. The molecule has 0 aromatic carbocycles. The Bertz CT molecular complexity index is 280. The van der Waals surface area contributed by atoms with Gasteiger partial charge in [-0.05, 0) is 12.8 Å². The highest BCUT2D eigenvalue weighted by atomic mass is 16.5. The van der Waals surface area contributed by atoms with E-state index in [2.05, 4.69) is 4.79 Å². The van der Waals surface area contributed by atoms with Crippen LogP contribution in [0.3, 0.4) is 0 Å². The molecule has 0 spiro atoms. The van der Waals surface area contributed by atoms with Crippen LogP contribution < -0.4 is 0 Å². The zero-order chi connectivity index (χ0) is 11.7. The van der Waals surface area contributed by atoms with Gasteiger partial charge in [-0.25, -0.2) is 4.79 Å². The lowest BCUT2D eigenvalue weighted by atomic mass is 10.1. The van der Waals surface area contributed by atoms with Crippen LogP contribution >= 0.6 is 0 Å². The number of carbonyl (C=O) groups is 2. The van der Waals surface area contributed by atoms with E-state index < -0.39 is 17.5 Å². The van der Waals surface area contributed by atoms with Crippen molar-refractivity contribution in [3.05, 3.63) is 5.53 Å². The van der Waals surface area contributed by atoms with E-state index in [1.807, 2.05) is 6.92 Å². The molecule has 0 radical (unpaired) electrons. The Labute approximate surface area is 89.0 Å². The highest BCUT2D eigenvalue weighted by Crippen LogP contribution is 1.95. The van der Waals surface area contributed by atoms with E-state index in [1.54, 1.807) is 6.92 Å². The molecule has 0 N–H and O–H groups in total. The normalized spacial score (nSPS) is 9.20. The van der Waals surface area contributed by atoms with Gasteiger partial charge in [-0.2, -0.15) is 4.79 Å². The summed E-state index contributed by atoms with van der Waals surface area (Å²) in [6, 6.07) is 0. The third-order valence-electron chi connectivity index (χ3n) is 1.77. The summed E-state index contributed by atoms with van der Waals surface area (Å²) in [5, 5.41) is 0. The summed E-state index contributed by atoms with van der Waals surface area (Å²) in [6.45, 7) is 4.00. The summed E-state index contributed by atoms with van der Waals surface area (Å²) in [5.74, 6) is -1.33. The van der Waals surface area contributed by atoms with E-state index in [4.69, 9.17) is 10.3 Å². The first-order valence-corrected chi connectivity index (χ1v) is 5.09. The maximum atomic E-state index is 11.3. The molecule has 0 amide bonds. The quantitative estimate of drug-likeness (QED) is 0.160. The van der Waals surface area contributed by atoms with Crippen molar-refractivity contribution in [2.24, 2.45) is 0 Å². The fraction of sp³-hybridized carbons (Fsp3) is 0.700. The van der Waals surface area contributed by atoms with Crippen LogP contribution in [0.25, 0.3) is 5.53 Å². The van der Waals surface area contributed by atoms with Gasteiger partial charge in [0.2, 0.25) is 0 Å². The average Bonchev–Trinajstić information content (AvgIpc) is 2.19. The molecule has 0 fully saturated rings. The fourth-order valence-corrected chi connectivity index (χ4v) is 0.933. The molecule has 0 saturated carbocycles. The minimum atomic E-state index is -0.843. The van der Waals surface area contributed by atoms with Crippen molar-refractivity contribution < 1.29 is 19.1 Å². The molecule has 0 aliphatic heterocycles. The molecule has 0 aromatic rings. The third kappa shape index (κ3) is 5.08. The average molecular weight is 212 g/mol. The summed E-state index contributed by atoms with van der Waals surface area (Å²) in [6.07, 6.45) is 2.40. The highest BCUT2D eigenvalue weighted by Gasteiger charge is 2.29. The van der Waals surface area contributed by atoms with Crippen molar-refractivity contribution in [1.29, 1.82) is 0 Å². The zero-order valence-corrected chi connectivity index (χ0v) is 9.15. The first-order valence-electron chi connectivity index (χ1n) is 5.09. The number of carbonyl (C=O) groups excluding carboxylic acids is 2. The summed E-state index contributed by atoms with van der Waals surface area (Å²) in [5.41, 5.74) is 8.01. The van der Waals surface area contributed by atoms with Crippen molar-refractivity contribution in [2.75, 3.05) is 6.61 Å². The lowest BCUT2D eigenvalue weighted by molar-refractivity contribution is -0.142. The minimum absolute atomic E-state index is 0.183. The smallest absolute Gasteiger partial charge is 0.441 e. The van der Waals surface area contributed by atoms with Crippen LogP contribution in [0.15, 0.2) is 0 Å². The Morgan fingerprint density at radius 1 is 1.27 bits per heavy atom. The Kier molecular flexibility index (Phi) is 7.10. The van der Waals surface area contributed by atoms with Crippen molar-refractivity contribution in [1.82, 2.24) is 0 Å². The van der Waals surface area contributed by atoms with Crippen LogP contribution in [0, 0.1) is 0 Å². The molecule has 0 aliphatic rings. The van der Waals surface area contributed by atoms with E-state index in [-0.39, 0.29) is 13.0 Å². The standard InChI is InChI=1S/C10H16N2O3/c1-3-5-7-15-10(14)9(12-11)8(13)6-4-2/h3-7H2,1-2H3. The van der Waals surface area contributed by atoms with Gasteiger partial charge in [-0.3, -0.25) is 4.79 Å². The van der Waals surface area contributed by atoms with Gasteiger partial charge in [-0.1, -0.05) is 20.3 Å². The van der Waals surface area contributed by atoms with Crippen LogP contribution in [0.1, 0.15) is 39.5 Å². The van der Waals surface area contributed by atoms with E-state index in [0.29, 0.717) is 6.42 Å². The molecule has 0 aromatic heterocycles. The fourth-order valence-electron chi connectivity index (χ4n) is 0.933. The molecule has 15 heavy (non-hydrogen) atoms. The van der Waals surface area contributed by atoms with Crippen molar-refractivity contribution in [3.63, 3.8) is 0 Å². The van der Waals surface area contributed by atoms with Gasteiger partial charge in [0.05, 0.1) is 6.61 Å². The molecule has 0 saturated heterocycles. The molecule has 5 heteroatoms. The predicted octanol–water partition coefficient (Wildman–Crippen LogP) is 1.37. The van der Waals surface area contributed by atoms with Crippen molar-refractivity contribution >= 4 is 17.5 Å². The van der Waals surface area contributed by atoms with Gasteiger partial charge in [0.1, 0.15) is 0 Å². The number of hydrogen-bond acceptors (Lipinski definition) is 3. The van der Waals surface area contributed by atoms with E-state index in [0.717, 1.165) is 12.8 Å².